The molecule has 0 heterocycles. The highest BCUT2D eigenvalue weighted by Gasteiger charge is 2.23. The van der Waals surface area contributed by atoms with E-state index in [1.165, 1.54) is 5.56 Å². The third kappa shape index (κ3) is 3.24. The molecule has 0 saturated carbocycles. The summed E-state index contributed by atoms with van der Waals surface area (Å²) in [5, 5.41) is 0. The lowest BCUT2D eigenvalue weighted by Gasteiger charge is -2.25. The molecule has 0 radical (unpaired) electrons. The number of anilines is 1. The molecule has 0 amide bonds. The number of aryl methyl sites for hydroxylation is 1. The second-order valence-corrected chi connectivity index (χ2v) is 5.49. The molecule has 2 aromatic carbocycles. The first-order valence-corrected chi connectivity index (χ1v) is 7.34. The second kappa shape index (κ2) is 6.00. The standard InChI is InChI=1S/C18H19NO2/c19-15-8-3-5-13(11-15)12-18(20)21-17-10-4-7-14-6-1-2-9-16(14)17/h1-3,5-6,8-9,11,17H,4,7,10,12,19H2. The number of esters is 1. The molecule has 3 rings (SSSR count). The highest BCUT2D eigenvalue weighted by atomic mass is 16.5. The monoisotopic (exact) mass is 281 g/mol. The number of fused-ring (bicyclic) bond motifs is 1. The number of nitrogen functional groups attached to an aromatic ring is 1. The first kappa shape index (κ1) is 13.7. The number of carbonyl (C=O) groups excluding carboxylic acids is 1. The zero-order valence-electron chi connectivity index (χ0n) is 11.9. The summed E-state index contributed by atoms with van der Waals surface area (Å²) < 4.78 is 5.68. The van der Waals surface area contributed by atoms with E-state index in [1.807, 2.05) is 36.4 Å². The average Bonchev–Trinajstić information content (AvgIpc) is 2.47. The van der Waals surface area contributed by atoms with Crippen LogP contribution in [-0.2, 0) is 22.4 Å². The van der Waals surface area contributed by atoms with E-state index in [0.717, 1.165) is 30.4 Å². The van der Waals surface area contributed by atoms with Crippen LogP contribution in [0.2, 0.25) is 0 Å². The maximum Gasteiger partial charge on any atom is 0.310 e. The number of rotatable bonds is 3. The van der Waals surface area contributed by atoms with Gasteiger partial charge in [0.1, 0.15) is 6.10 Å². The number of nitrogens with two attached hydrogens (primary N) is 1. The zero-order chi connectivity index (χ0) is 14.7. The molecular formula is C18H19NO2. The van der Waals surface area contributed by atoms with Crippen LogP contribution in [0.1, 0.15) is 35.6 Å². The fourth-order valence-corrected chi connectivity index (χ4v) is 2.90. The Hall–Kier alpha value is -2.29. The Morgan fingerprint density at radius 3 is 2.90 bits per heavy atom. The predicted molar refractivity (Wildman–Crippen MR) is 82.8 cm³/mol. The van der Waals surface area contributed by atoms with E-state index in [1.54, 1.807) is 0 Å². The Bertz CT molecular complexity index is 651. The number of carbonyl (C=O) groups is 1. The molecule has 3 heteroatoms. The Morgan fingerprint density at radius 1 is 1.19 bits per heavy atom. The van der Waals surface area contributed by atoms with Crippen LogP contribution in [0.5, 0.6) is 0 Å². The van der Waals surface area contributed by atoms with Crippen molar-refractivity contribution in [1.82, 2.24) is 0 Å². The van der Waals surface area contributed by atoms with Crippen LogP contribution in [0.15, 0.2) is 48.5 Å². The van der Waals surface area contributed by atoms with Crippen LogP contribution in [0, 0.1) is 0 Å². The zero-order valence-corrected chi connectivity index (χ0v) is 11.9. The third-order valence-electron chi connectivity index (χ3n) is 3.89. The van der Waals surface area contributed by atoms with Gasteiger partial charge in [0.05, 0.1) is 6.42 Å². The van der Waals surface area contributed by atoms with Crippen molar-refractivity contribution in [2.45, 2.75) is 31.8 Å². The summed E-state index contributed by atoms with van der Waals surface area (Å²) in [6.07, 6.45) is 3.19. The van der Waals surface area contributed by atoms with Gasteiger partial charge in [-0.15, -0.1) is 0 Å². The minimum Gasteiger partial charge on any atom is -0.457 e. The molecule has 0 aromatic heterocycles. The van der Waals surface area contributed by atoms with Crippen LogP contribution in [0.3, 0.4) is 0 Å². The molecule has 1 aliphatic rings. The van der Waals surface area contributed by atoms with Gasteiger partial charge in [0.25, 0.3) is 0 Å². The summed E-state index contributed by atoms with van der Waals surface area (Å²) in [5.74, 6) is -0.192. The van der Waals surface area contributed by atoms with Crippen LogP contribution >= 0.6 is 0 Å². The number of benzene rings is 2. The second-order valence-electron chi connectivity index (χ2n) is 5.49. The van der Waals surface area contributed by atoms with Gasteiger partial charge in [-0.3, -0.25) is 4.79 Å². The lowest BCUT2D eigenvalue weighted by Crippen LogP contribution is -2.18. The first-order valence-electron chi connectivity index (χ1n) is 7.34. The summed E-state index contributed by atoms with van der Waals surface area (Å²) >= 11 is 0. The van der Waals surface area contributed by atoms with Crippen LogP contribution in [0.25, 0.3) is 0 Å². The lowest BCUT2D eigenvalue weighted by molar-refractivity contribution is -0.149. The van der Waals surface area contributed by atoms with Crippen LogP contribution in [-0.4, -0.2) is 5.97 Å². The fourth-order valence-electron chi connectivity index (χ4n) is 2.90. The molecular weight excluding hydrogens is 262 g/mol. The topological polar surface area (TPSA) is 52.3 Å². The molecule has 0 aliphatic heterocycles. The fraction of sp³-hybridized carbons (Fsp3) is 0.278. The molecule has 0 bridgehead atoms. The minimum atomic E-state index is -0.192. The van der Waals surface area contributed by atoms with E-state index in [2.05, 4.69) is 12.1 Å². The molecule has 0 fully saturated rings. The molecule has 1 atom stereocenters. The van der Waals surface area contributed by atoms with E-state index in [4.69, 9.17) is 10.5 Å². The Morgan fingerprint density at radius 2 is 2.05 bits per heavy atom. The summed E-state index contributed by atoms with van der Waals surface area (Å²) in [5.41, 5.74) is 9.75. The number of hydrogen-bond donors (Lipinski definition) is 1. The van der Waals surface area contributed by atoms with Crippen molar-refractivity contribution < 1.29 is 9.53 Å². The van der Waals surface area contributed by atoms with Crippen molar-refractivity contribution in [3.05, 3.63) is 65.2 Å². The van der Waals surface area contributed by atoms with Gasteiger partial charge in [-0.1, -0.05) is 36.4 Å². The van der Waals surface area contributed by atoms with Gasteiger partial charge >= 0.3 is 5.97 Å². The lowest BCUT2D eigenvalue weighted by atomic mass is 9.89. The molecule has 0 spiro atoms. The molecule has 108 valence electrons. The summed E-state index contributed by atoms with van der Waals surface area (Å²) in [4.78, 5) is 12.1. The van der Waals surface area contributed by atoms with Crippen LogP contribution in [0.4, 0.5) is 5.69 Å². The van der Waals surface area contributed by atoms with Crippen molar-refractivity contribution in [2.24, 2.45) is 0 Å². The molecule has 2 aromatic rings. The van der Waals surface area contributed by atoms with Gasteiger partial charge in [-0.2, -0.15) is 0 Å². The van der Waals surface area contributed by atoms with Gasteiger partial charge in [-0.05, 0) is 48.1 Å². The van der Waals surface area contributed by atoms with E-state index >= 15 is 0 Å². The van der Waals surface area contributed by atoms with Crippen molar-refractivity contribution in [1.29, 1.82) is 0 Å². The number of hydrogen-bond acceptors (Lipinski definition) is 3. The third-order valence-corrected chi connectivity index (χ3v) is 3.89. The smallest absolute Gasteiger partial charge is 0.310 e. The van der Waals surface area contributed by atoms with Crippen molar-refractivity contribution >= 4 is 11.7 Å². The Balaban J connectivity index is 1.68. The predicted octanol–water partition coefficient (Wildman–Crippen LogP) is 3.43. The quantitative estimate of drug-likeness (QED) is 0.692. The van der Waals surface area contributed by atoms with Gasteiger partial charge in [0.2, 0.25) is 0 Å². The molecule has 2 N–H and O–H groups in total. The maximum atomic E-state index is 12.1. The van der Waals surface area contributed by atoms with Crippen molar-refractivity contribution in [2.75, 3.05) is 5.73 Å². The summed E-state index contributed by atoms with van der Waals surface area (Å²) in [7, 11) is 0. The first-order chi connectivity index (χ1) is 10.2. The van der Waals surface area contributed by atoms with Gasteiger partial charge in [0.15, 0.2) is 0 Å². The van der Waals surface area contributed by atoms with Gasteiger partial charge in [0, 0.05) is 5.69 Å². The van der Waals surface area contributed by atoms with Gasteiger partial charge in [-0.25, -0.2) is 0 Å². The van der Waals surface area contributed by atoms with E-state index in [-0.39, 0.29) is 18.5 Å². The minimum absolute atomic E-state index is 0.108. The van der Waals surface area contributed by atoms with Crippen LogP contribution < -0.4 is 5.73 Å². The SMILES string of the molecule is Nc1cccc(CC(=O)OC2CCCc3ccccc32)c1. The maximum absolute atomic E-state index is 12.1. The average molecular weight is 281 g/mol. The highest BCUT2D eigenvalue weighted by Crippen LogP contribution is 2.32. The molecule has 0 saturated heterocycles. The summed E-state index contributed by atoms with van der Waals surface area (Å²) in [6.45, 7) is 0. The molecule has 1 aliphatic carbocycles. The highest BCUT2D eigenvalue weighted by molar-refractivity contribution is 5.73. The van der Waals surface area contributed by atoms with Gasteiger partial charge < -0.3 is 10.5 Å². The summed E-state index contributed by atoms with van der Waals surface area (Å²) in [6, 6.07) is 15.6. The molecule has 3 nitrogen and oxygen atoms in total. The van der Waals surface area contributed by atoms with Crippen molar-refractivity contribution in [3.63, 3.8) is 0 Å². The van der Waals surface area contributed by atoms with E-state index in [9.17, 15) is 4.79 Å². The Kier molecular flexibility index (Phi) is 3.91. The Labute approximate surface area is 124 Å². The number of ether oxygens (including phenoxy) is 1. The van der Waals surface area contributed by atoms with Crippen molar-refractivity contribution in [3.8, 4) is 0 Å². The molecule has 21 heavy (non-hydrogen) atoms. The normalized spacial score (nSPS) is 17.0. The van der Waals surface area contributed by atoms with E-state index in [0.29, 0.717) is 5.69 Å². The largest absolute Gasteiger partial charge is 0.457 e. The van der Waals surface area contributed by atoms with E-state index < -0.39 is 0 Å². The molecule has 1 unspecified atom stereocenters.